The summed E-state index contributed by atoms with van der Waals surface area (Å²) in [5.74, 6) is -2.29. The Morgan fingerprint density at radius 2 is 2.04 bits per heavy atom. The third-order valence-electron chi connectivity index (χ3n) is 2.84. The molecule has 0 radical (unpaired) electrons. The van der Waals surface area contributed by atoms with E-state index in [0.29, 0.717) is 28.1 Å². The monoisotopic (exact) mass is 383 g/mol. The SMILES string of the molecule is O=C(CSc1nnc(-c2ccco2)o1)Nc1ccccc1SC(F)F. The van der Waals surface area contributed by atoms with E-state index in [4.69, 9.17) is 8.83 Å². The highest BCUT2D eigenvalue weighted by Crippen LogP contribution is 2.32. The summed E-state index contributed by atoms with van der Waals surface area (Å²) in [7, 11) is 0. The van der Waals surface area contributed by atoms with Crippen LogP contribution in [0, 0.1) is 0 Å². The zero-order chi connectivity index (χ0) is 17.6. The molecule has 0 aliphatic carbocycles. The highest BCUT2D eigenvalue weighted by Gasteiger charge is 2.15. The number of hydrogen-bond donors (Lipinski definition) is 1. The van der Waals surface area contributed by atoms with E-state index in [1.54, 1.807) is 30.3 Å². The summed E-state index contributed by atoms with van der Waals surface area (Å²) in [5.41, 5.74) is 0.334. The second-order valence-corrected chi connectivity index (χ2v) is 6.52. The third kappa shape index (κ3) is 4.83. The first kappa shape index (κ1) is 17.5. The van der Waals surface area contributed by atoms with Gasteiger partial charge in [-0.3, -0.25) is 4.79 Å². The molecule has 2 aromatic heterocycles. The molecule has 0 bridgehead atoms. The van der Waals surface area contributed by atoms with Gasteiger partial charge in [-0.15, -0.1) is 10.2 Å². The second-order valence-electron chi connectivity index (χ2n) is 4.56. The Morgan fingerprint density at radius 3 is 2.80 bits per heavy atom. The molecule has 25 heavy (non-hydrogen) atoms. The molecule has 130 valence electrons. The van der Waals surface area contributed by atoms with E-state index in [-0.39, 0.29) is 22.8 Å². The van der Waals surface area contributed by atoms with E-state index in [9.17, 15) is 13.6 Å². The van der Waals surface area contributed by atoms with Crippen LogP contribution in [0.5, 0.6) is 0 Å². The van der Waals surface area contributed by atoms with Crippen LogP contribution < -0.4 is 5.32 Å². The number of aromatic nitrogens is 2. The van der Waals surface area contributed by atoms with Crippen LogP contribution in [-0.4, -0.2) is 27.6 Å². The number of hydrogen-bond acceptors (Lipinski definition) is 7. The molecule has 0 atom stereocenters. The van der Waals surface area contributed by atoms with E-state index in [0.717, 1.165) is 11.8 Å². The molecule has 0 saturated carbocycles. The molecule has 0 saturated heterocycles. The minimum absolute atomic E-state index is 0.00648. The molecule has 0 unspecified atom stereocenters. The van der Waals surface area contributed by atoms with Crippen molar-refractivity contribution in [3.8, 4) is 11.7 Å². The number of benzene rings is 1. The number of thioether (sulfide) groups is 2. The minimum atomic E-state index is -2.56. The van der Waals surface area contributed by atoms with Crippen molar-refractivity contribution in [3.05, 3.63) is 42.7 Å². The van der Waals surface area contributed by atoms with E-state index >= 15 is 0 Å². The lowest BCUT2D eigenvalue weighted by Gasteiger charge is -2.09. The van der Waals surface area contributed by atoms with Crippen LogP contribution in [-0.2, 0) is 4.79 Å². The standard InChI is InChI=1S/C15H11F2N3O3S2/c16-14(17)25-11-6-2-1-4-9(11)18-12(21)8-24-15-20-19-13(23-15)10-5-3-7-22-10/h1-7,14H,8H2,(H,18,21). The molecule has 0 fully saturated rings. The van der Waals surface area contributed by atoms with Gasteiger partial charge in [0.05, 0.1) is 17.7 Å². The summed E-state index contributed by atoms with van der Waals surface area (Å²) in [5, 5.41) is 10.4. The van der Waals surface area contributed by atoms with Gasteiger partial charge in [-0.25, -0.2) is 0 Å². The highest BCUT2D eigenvalue weighted by molar-refractivity contribution is 8.00. The van der Waals surface area contributed by atoms with E-state index in [2.05, 4.69) is 15.5 Å². The number of alkyl halides is 2. The number of furan rings is 1. The molecule has 10 heteroatoms. The average molecular weight is 383 g/mol. The number of para-hydroxylation sites is 1. The van der Waals surface area contributed by atoms with Crippen LogP contribution >= 0.6 is 23.5 Å². The van der Waals surface area contributed by atoms with E-state index in [1.165, 1.54) is 12.3 Å². The molecule has 3 rings (SSSR count). The van der Waals surface area contributed by atoms with Crippen LogP contribution in [0.15, 0.2) is 61.6 Å². The zero-order valence-electron chi connectivity index (χ0n) is 12.5. The first-order chi connectivity index (χ1) is 12.1. The van der Waals surface area contributed by atoms with Gasteiger partial charge >= 0.3 is 0 Å². The average Bonchev–Trinajstić information content (AvgIpc) is 3.25. The van der Waals surface area contributed by atoms with Crippen molar-refractivity contribution in [2.45, 2.75) is 15.9 Å². The van der Waals surface area contributed by atoms with Gasteiger partial charge in [0.25, 0.3) is 16.9 Å². The normalized spacial score (nSPS) is 11.0. The predicted molar refractivity (Wildman–Crippen MR) is 89.7 cm³/mol. The summed E-state index contributed by atoms with van der Waals surface area (Å²) in [6.45, 7) is 0. The summed E-state index contributed by atoms with van der Waals surface area (Å²) in [6.07, 6.45) is 1.48. The minimum Gasteiger partial charge on any atom is -0.459 e. The predicted octanol–water partition coefficient (Wildman–Crippen LogP) is 4.38. The van der Waals surface area contributed by atoms with Crippen LogP contribution in [0.4, 0.5) is 14.5 Å². The number of nitrogens with one attached hydrogen (secondary N) is 1. The van der Waals surface area contributed by atoms with Crippen molar-refractivity contribution in [1.82, 2.24) is 10.2 Å². The van der Waals surface area contributed by atoms with Crippen molar-refractivity contribution in [3.63, 3.8) is 0 Å². The van der Waals surface area contributed by atoms with Crippen molar-refractivity contribution >= 4 is 35.1 Å². The Labute approximate surface area is 149 Å². The summed E-state index contributed by atoms with van der Waals surface area (Å²) < 4.78 is 35.6. The summed E-state index contributed by atoms with van der Waals surface area (Å²) in [6, 6.07) is 9.73. The van der Waals surface area contributed by atoms with Gasteiger partial charge in [-0.1, -0.05) is 35.7 Å². The molecule has 1 aromatic carbocycles. The molecular formula is C15H11F2N3O3S2. The maximum Gasteiger partial charge on any atom is 0.288 e. The maximum absolute atomic E-state index is 12.5. The van der Waals surface area contributed by atoms with E-state index < -0.39 is 5.76 Å². The van der Waals surface area contributed by atoms with Gasteiger partial charge in [0.15, 0.2) is 5.76 Å². The molecule has 0 aliphatic heterocycles. The number of carbonyl (C=O) groups excluding carboxylic acids is 1. The lowest BCUT2D eigenvalue weighted by atomic mass is 10.3. The number of nitrogens with zero attached hydrogens (tertiary/aromatic N) is 2. The van der Waals surface area contributed by atoms with Crippen LogP contribution in [0.2, 0.25) is 0 Å². The lowest BCUT2D eigenvalue weighted by Crippen LogP contribution is -2.14. The van der Waals surface area contributed by atoms with Crippen molar-refractivity contribution < 1.29 is 22.4 Å². The first-order valence-corrected chi connectivity index (χ1v) is 8.82. The van der Waals surface area contributed by atoms with Crippen LogP contribution in [0.1, 0.15) is 0 Å². The van der Waals surface area contributed by atoms with Crippen molar-refractivity contribution in [2.24, 2.45) is 0 Å². The largest absolute Gasteiger partial charge is 0.459 e. The van der Waals surface area contributed by atoms with Gasteiger partial charge in [-0.05, 0) is 24.3 Å². The summed E-state index contributed by atoms with van der Waals surface area (Å²) >= 11 is 1.41. The first-order valence-electron chi connectivity index (χ1n) is 6.95. The fraction of sp³-hybridized carbons (Fsp3) is 0.133. The molecule has 2 heterocycles. The van der Waals surface area contributed by atoms with Gasteiger partial charge < -0.3 is 14.2 Å². The van der Waals surface area contributed by atoms with Crippen molar-refractivity contribution in [1.29, 1.82) is 0 Å². The number of anilines is 1. The Bertz CT molecular complexity index is 840. The Kier molecular flexibility index (Phi) is 5.71. The number of rotatable bonds is 7. The number of carbonyl (C=O) groups is 1. The van der Waals surface area contributed by atoms with Gasteiger partial charge in [0.1, 0.15) is 0 Å². The number of amides is 1. The third-order valence-corrected chi connectivity index (χ3v) is 4.45. The zero-order valence-corrected chi connectivity index (χ0v) is 14.2. The molecule has 3 aromatic rings. The lowest BCUT2D eigenvalue weighted by molar-refractivity contribution is -0.113. The Balaban J connectivity index is 1.57. The Morgan fingerprint density at radius 1 is 1.20 bits per heavy atom. The molecule has 0 spiro atoms. The van der Waals surface area contributed by atoms with Crippen molar-refractivity contribution in [2.75, 3.05) is 11.1 Å². The smallest absolute Gasteiger partial charge is 0.288 e. The number of halogens is 2. The molecule has 1 N–H and O–H groups in total. The van der Waals surface area contributed by atoms with Gasteiger partial charge in [-0.2, -0.15) is 8.78 Å². The van der Waals surface area contributed by atoms with Crippen LogP contribution in [0.3, 0.4) is 0 Å². The van der Waals surface area contributed by atoms with Crippen LogP contribution in [0.25, 0.3) is 11.7 Å². The summed E-state index contributed by atoms with van der Waals surface area (Å²) in [4.78, 5) is 12.3. The fourth-order valence-corrected chi connectivity index (χ4v) is 3.01. The van der Waals surface area contributed by atoms with E-state index in [1.807, 2.05) is 0 Å². The fourth-order valence-electron chi connectivity index (χ4n) is 1.85. The topological polar surface area (TPSA) is 81.2 Å². The second kappa shape index (κ2) is 8.17. The van der Waals surface area contributed by atoms with Gasteiger partial charge in [0, 0.05) is 4.90 Å². The molecule has 0 aliphatic rings. The highest BCUT2D eigenvalue weighted by atomic mass is 32.2. The molecular weight excluding hydrogens is 372 g/mol. The quantitative estimate of drug-likeness (QED) is 0.607. The van der Waals surface area contributed by atoms with Gasteiger partial charge in [0.2, 0.25) is 5.91 Å². The molecule has 1 amide bonds. The molecule has 6 nitrogen and oxygen atoms in total. The maximum atomic E-state index is 12.5. The Hall–Kier alpha value is -2.33.